The molecule has 0 atom stereocenters. The van der Waals surface area contributed by atoms with E-state index >= 15 is 0 Å². The largest absolute Gasteiger partial charge is 0.479 e. The van der Waals surface area contributed by atoms with Crippen molar-refractivity contribution in [1.29, 1.82) is 0 Å². The van der Waals surface area contributed by atoms with Crippen LogP contribution in [0.5, 0.6) is 5.88 Å². The second kappa shape index (κ2) is 4.77. The maximum atomic E-state index is 10.8. The van der Waals surface area contributed by atoms with E-state index in [0.29, 0.717) is 27.6 Å². The van der Waals surface area contributed by atoms with E-state index in [2.05, 4.69) is 5.10 Å². The number of hydrogen-bond donors (Lipinski definition) is 0. The van der Waals surface area contributed by atoms with Gasteiger partial charge in [-0.05, 0) is 18.2 Å². The number of hydrogen-bond acceptors (Lipinski definition) is 3. The van der Waals surface area contributed by atoms with Crippen molar-refractivity contribution in [2.24, 2.45) is 0 Å². The number of carbonyl (C=O) groups is 1. The molecule has 0 radical (unpaired) electrons. The molecule has 6 heteroatoms. The van der Waals surface area contributed by atoms with Gasteiger partial charge in [-0.15, -0.1) is 5.10 Å². The number of methoxy groups -OCH3 is 1. The van der Waals surface area contributed by atoms with Crippen LogP contribution in [0.4, 0.5) is 0 Å². The zero-order chi connectivity index (χ0) is 12.4. The Labute approximate surface area is 108 Å². The van der Waals surface area contributed by atoms with E-state index in [1.807, 2.05) is 0 Å². The summed E-state index contributed by atoms with van der Waals surface area (Å²) in [4.78, 5) is 10.8. The second-order valence-electron chi connectivity index (χ2n) is 3.25. The fourth-order valence-electron chi connectivity index (χ4n) is 1.40. The monoisotopic (exact) mass is 270 g/mol. The molecule has 88 valence electrons. The van der Waals surface area contributed by atoms with E-state index in [1.54, 1.807) is 24.4 Å². The first kappa shape index (κ1) is 12.0. The number of benzene rings is 1. The number of aldehydes is 1. The van der Waals surface area contributed by atoms with Gasteiger partial charge in [0.15, 0.2) is 6.29 Å². The van der Waals surface area contributed by atoms with Gasteiger partial charge >= 0.3 is 0 Å². The molecule has 0 aliphatic heterocycles. The summed E-state index contributed by atoms with van der Waals surface area (Å²) < 4.78 is 6.44. The van der Waals surface area contributed by atoms with Crippen molar-refractivity contribution in [1.82, 2.24) is 9.78 Å². The molecule has 17 heavy (non-hydrogen) atoms. The molecule has 0 saturated heterocycles. The summed E-state index contributed by atoms with van der Waals surface area (Å²) in [6, 6.07) is 5.01. The van der Waals surface area contributed by atoms with Gasteiger partial charge in [0.25, 0.3) is 0 Å². The van der Waals surface area contributed by atoms with Crippen molar-refractivity contribution in [3.05, 3.63) is 40.0 Å². The van der Waals surface area contributed by atoms with Crippen molar-refractivity contribution in [2.75, 3.05) is 7.11 Å². The van der Waals surface area contributed by atoms with Gasteiger partial charge in [-0.1, -0.05) is 23.2 Å². The van der Waals surface area contributed by atoms with E-state index < -0.39 is 0 Å². The SMILES string of the molecule is COc1nn(-c2ccc(Cl)cc2Cl)cc1C=O. The van der Waals surface area contributed by atoms with E-state index in [1.165, 1.54) is 11.8 Å². The number of carbonyl (C=O) groups excluding carboxylic acids is 1. The molecule has 0 fully saturated rings. The average molecular weight is 271 g/mol. The minimum atomic E-state index is 0.256. The lowest BCUT2D eigenvalue weighted by Gasteiger charge is -2.03. The fourth-order valence-corrected chi connectivity index (χ4v) is 1.90. The van der Waals surface area contributed by atoms with Gasteiger partial charge in [-0.3, -0.25) is 4.79 Å². The lowest BCUT2D eigenvalue weighted by atomic mass is 10.3. The Morgan fingerprint density at radius 1 is 1.41 bits per heavy atom. The predicted molar refractivity (Wildman–Crippen MR) is 65.5 cm³/mol. The van der Waals surface area contributed by atoms with Crippen LogP contribution in [0.3, 0.4) is 0 Å². The van der Waals surface area contributed by atoms with Crippen LogP contribution in [0, 0.1) is 0 Å². The van der Waals surface area contributed by atoms with Crippen LogP contribution >= 0.6 is 23.2 Å². The lowest BCUT2D eigenvalue weighted by Crippen LogP contribution is -1.96. The zero-order valence-electron chi connectivity index (χ0n) is 8.85. The molecule has 1 aromatic carbocycles. The summed E-state index contributed by atoms with van der Waals surface area (Å²) in [7, 11) is 1.45. The third-order valence-corrected chi connectivity index (χ3v) is 2.72. The first-order valence-electron chi connectivity index (χ1n) is 4.70. The molecule has 0 spiro atoms. The number of rotatable bonds is 3. The molecule has 2 rings (SSSR count). The smallest absolute Gasteiger partial charge is 0.243 e. The summed E-state index contributed by atoms with van der Waals surface area (Å²) >= 11 is 11.8. The fraction of sp³-hybridized carbons (Fsp3) is 0.0909. The van der Waals surface area contributed by atoms with Gasteiger partial charge in [0.2, 0.25) is 5.88 Å². The number of ether oxygens (including phenoxy) is 1. The molecule has 0 saturated carbocycles. The Morgan fingerprint density at radius 2 is 2.18 bits per heavy atom. The van der Waals surface area contributed by atoms with Gasteiger partial charge in [-0.2, -0.15) is 0 Å². The highest BCUT2D eigenvalue weighted by molar-refractivity contribution is 6.35. The maximum Gasteiger partial charge on any atom is 0.243 e. The molecule has 0 aliphatic rings. The third-order valence-electron chi connectivity index (χ3n) is 2.18. The topological polar surface area (TPSA) is 44.1 Å². The van der Waals surface area contributed by atoms with E-state index in [0.717, 1.165) is 0 Å². The minimum Gasteiger partial charge on any atom is -0.479 e. The molecule has 1 aromatic heterocycles. The quantitative estimate of drug-likeness (QED) is 0.806. The second-order valence-corrected chi connectivity index (χ2v) is 4.10. The van der Waals surface area contributed by atoms with Crippen LogP contribution < -0.4 is 4.74 Å². The Morgan fingerprint density at radius 3 is 2.71 bits per heavy atom. The molecular weight excluding hydrogens is 263 g/mol. The van der Waals surface area contributed by atoms with Crippen molar-refractivity contribution >= 4 is 29.5 Å². The van der Waals surface area contributed by atoms with Gasteiger partial charge in [0.05, 0.1) is 23.4 Å². The van der Waals surface area contributed by atoms with E-state index in [4.69, 9.17) is 27.9 Å². The third kappa shape index (κ3) is 2.28. The van der Waals surface area contributed by atoms with Crippen molar-refractivity contribution in [3.8, 4) is 11.6 Å². The van der Waals surface area contributed by atoms with Crippen LogP contribution in [0.2, 0.25) is 10.0 Å². The van der Waals surface area contributed by atoms with E-state index in [9.17, 15) is 4.79 Å². The Hall–Kier alpha value is -1.52. The Kier molecular flexibility index (Phi) is 3.36. The summed E-state index contributed by atoms with van der Waals surface area (Å²) in [6.45, 7) is 0. The number of nitrogens with zero attached hydrogens (tertiary/aromatic N) is 2. The number of aromatic nitrogens is 2. The Balaban J connectivity index is 2.52. The van der Waals surface area contributed by atoms with Crippen LogP contribution in [0.25, 0.3) is 5.69 Å². The highest BCUT2D eigenvalue weighted by Gasteiger charge is 2.11. The van der Waals surface area contributed by atoms with Crippen molar-refractivity contribution in [3.63, 3.8) is 0 Å². The standard InChI is InChI=1S/C11H8Cl2N2O2/c1-17-11-7(6-16)5-15(14-11)10-3-2-8(12)4-9(10)13/h2-6H,1H3. The Bertz CT molecular complexity index is 567. The molecule has 0 unspecified atom stereocenters. The average Bonchev–Trinajstić information content (AvgIpc) is 2.72. The maximum absolute atomic E-state index is 10.8. The molecule has 1 heterocycles. The van der Waals surface area contributed by atoms with Crippen LogP contribution in [-0.2, 0) is 0 Å². The molecule has 0 bridgehead atoms. The lowest BCUT2D eigenvalue weighted by molar-refractivity contribution is 0.112. The molecule has 2 aromatic rings. The van der Waals surface area contributed by atoms with E-state index in [-0.39, 0.29) is 5.88 Å². The summed E-state index contributed by atoms with van der Waals surface area (Å²) in [5.74, 6) is 0.256. The molecule has 0 aliphatic carbocycles. The highest BCUT2D eigenvalue weighted by atomic mass is 35.5. The zero-order valence-corrected chi connectivity index (χ0v) is 10.4. The van der Waals surface area contributed by atoms with Crippen molar-refractivity contribution in [2.45, 2.75) is 0 Å². The minimum absolute atomic E-state index is 0.256. The van der Waals surface area contributed by atoms with Gasteiger partial charge in [-0.25, -0.2) is 4.68 Å². The summed E-state index contributed by atoms with van der Waals surface area (Å²) in [5.41, 5.74) is 0.987. The van der Waals surface area contributed by atoms with Crippen LogP contribution in [0.15, 0.2) is 24.4 Å². The molecular formula is C11H8Cl2N2O2. The van der Waals surface area contributed by atoms with Crippen LogP contribution in [-0.4, -0.2) is 23.2 Å². The van der Waals surface area contributed by atoms with Crippen LogP contribution in [0.1, 0.15) is 10.4 Å². The molecule has 0 amide bonds. The molecule has 4 nitrogen and oxygen atoms in total. The highest BCUT2D eigenvalue weighted by Crippen LogP contribution is 2.25. The summed E-state index contributed by atoms with van der Waals surface area (Å²) in [6.07, 6.45) is 2.22. The molecule has 0 N–H and O–H groups in total. The van der Waals surface area contributed by atoms with Gasteiger partial charge in [0, 0.05) is 11.2 Å². The van der Waals surface area contributed by atoms with Crippen molar-refractivity contribution < 1.29 is 9.53 Å². The first-order valence-corrected chi connectivity index (χ1v) is 5.45. The number of halogens is 2. The summed E-state index contributed by atoms with van der Waals surface area (Å²) in [5, 5.41) is 5.08. The van der Waals surface area contributed by atoms with Gasteiger partial charge < -0.3 is 4.74 Å². The van der Waals surface area contributed by atoms with Gasteiger partial charge in [0.1, 0.15) is 0 Å². The predicted octanol–water partition coefficient (Wildman–Crippen LogP) is 3.00. The first-order chi connectivity index (χ1) is 8.15. The normalized spacial score (nSPS) is 10.3.